The molecule has 1 aliphatic rings. The lowest BCUT2D eigenvalue weighted by atomic mass is 10.1. The van der Waals surface area contributed by atoms with Crippen molar-refractivity contribution in [2.75, 3.05) is 14.1 Å². The van der Waals surface area contributed by atoms with E-state index in [2.05, 4.69) is 21.3 Å². The van der Waals surface area contributed by atoms with E-state index in [0.29, 0.717) is 5.56 Å². The molecule has 1 aromatic heterocycles. The maximum absolute atomic E-state index is 12.7. The van der Waals surface area contributed by atoms with E-state index < -0.39 is 0 Å². The molecule has 0 radical (unpaired) electrons. The van der Waals surface area contributed by atoms with Crippen LogP contribution in [0.5, 0.6) is 0 Å². The lowest BCUT2D eigenvalue weighted by Gasteiger charge is -2.18. The van der Waals surface area contributed by atoms with Gasteiger partial charge in [-0.2, -0.15) is 0 Å². The first kappa shape index (κ1) is 18.4. The highest BCUT2D eigenvalue weighted by atomic mass is 16.1. The molecule has 3 aromatic rings. The summed E-state index contributed by atoms with van der Waals surface area (Å²) in [4.78, 5) is 19.2. The van der Waals surface area contributed by atoms with Crippen LogP contribution >= 0.6 is 0 Å². The van der Waals surface area contributed by atoms with Gasteiger partial charge >= 0.3 is 0 Å². The maximum atomic E-state index is 12.7. The Morgan fingerprint density at radius 2 is 1.96 bits per heavy atom. The van der Waals surface area contributed by atoms with Crippen molar-refractivity contribution in [1.29, 1.82) is 0 Å². The van der Waals surface area contributed by atoms with Gasteiger partial charge in [-0.05, 0) is 55.9 Å². The van der Waals surface area contributed by atoms with Crippen LogP contribution in [0.2, 0.25) is 0 Å². The lowest BCUT2D eigenvalue weighted by Crippen LogP contribution is -2.40. The van der Waals surface area contributed by atoms with E-state index in [-0.39, 0.29) is 18.0 Å². The third kappa shape index (κ3) is 3.56. The molecule has 0 saturated heterocycles. The van der Waals surface area contributed by atoms with Crippen molar-refractivity contribution in [3.05, 3.63) is 83.4 Å². The van der Waals surface area contributed by atoms with Gasteiger partial charge in [0.05, 0.1) is 18.6 Å². The van der Waals surface area contributed by atoms with Crippen LogP contribution < -0.4 is 11.1 Å². The first-order chi connectivity index (χ1) is 13.5. The monoisotopic (exact) mass is 375 g/mol. The van der Waals surface area contributed by atoms with Gasteiger partial charge in [0, 0.05) is 23.6 Å². The fraction of sp³-hybridized carbons (Fsp3) is 0.273. The van der Waals surface area contributed by atoms with Gasteiger partial charge in [0.2, 0.25) is 0 Å². The summed E-state index contributed by atoms with van der Waals surface area (Å²) in [6, 6.07) is 15.4. The number of nitrogens with two attached hydrogens (primary N) is 1. The number of hydrogen-bond donors (Lipinski definition) is 2. The van der Waals surface area contributed by atoms with Gasteiger partial charge in [-0.15, -0.1) is 0 Å². The van der Waals surface area contributed by atoms with Gasteiger partial charge in [0.1, 0.15) is 5.82 Å². The van der Waals surface area contributed by atoms with Crippen molar-refractivity contribution in [1.82, 2.24) is 19.8 Å². The fourth-order valence-electron chi connectivity index (χ4n) is 3.76. The number of carbonyl (C=O) groups excluding carboxylic acids is 1. The maximum Gasteiger partial charge on any atom is 0.251 e. The number of rotatable bonds is 5. The summed E-state index contributed by atoms with van der Waals surface area (Å²) in [5.74, 6) is 0.857. The number of benzene rings is 2. The van der Waals surface area contributed by atoms with E-state index in [9.17, 15) is 4.79 Å². The molecule has 0 fully saturated rings. The molecule has 2 unspecified atom stereocenters. The van der Waals surface area contributed by atoms with E-state index in [1.165, 1.54) is 5.56 Å². The standard InChI is InChI=1S/C22H25N5O/c1-26(2)14-20-24-11-12-27(20)17-9-7-15(8-10-17)22(28)25-19-13-16-5-3-4-6-18(16)21(19)23/h3-12,19,21H,13-14,23H2,1-2H3,(H,25,28). The topological polar surface area (TPSA) is 76.2 Å². The zero-order valence-electron chi connectivity index (χ0n) is 16.2. The summed E-state index contributed by atoms with van der Waals surface area (Å²) in [6.07, 6.45) is 4.49. The van der Waals surface area contributed by atoms with E-state index in [1.807, 2.05) is 67.3 Å². The minimum Gasteiger partial charge on any atom is -0.347 e. The number of hydrogen-bond acceptors (Lipinski definition) is 4. The first-order valence-electron chi connectivity index (χ1n) is 9.44. The third-order valence-corrected chi connectivity index (χ3v) is 5.19. The highest BCUT2D eigenvalue weighted by Gasteiger charge is 2.30. The Bertz CT molecular complexity index is 977. The smallest absolute Gasteiger partial charge is 0.251 e. The van der Waals surface area contributed by atoms with Crippen molar-refractivity contribution >= 4 is 5.91 Å². The molecule has 0 saturated carbocycles. The minimum atomic E-state index is -0.168. The van der Waals surface area contributed by atoms with Gasteiger partial charge < -0.3 is 20.5 Å². The highest BCUT2D eigenvalue weighted by molar-refractivity contribution is 5.94. The van der Waals surface area contributed by atoms with Crippen LogP contribution in [0.4, 0.5) is 0 Å². The van der Waals surface area contributed by atoms with Crippen LogP contribution in [-0.4, -0.2) is 40.5 Å². The van der Waals surface area contributed by atoms with Crippen molar-refractivity contribution in [2.24, 2.45) is 5.73 Å². The molecular formula is C22H25N5O. The second-order valence-electron chi connectivity index (χ2n) is 7.51. The molecule has 144 valence electrons. The van der Waals surface area contributed by atoms with Gasteiger partial charge in [0.25, 0.3) is 5.91 Å². The minimum absolute atomic E-state index is 0.0788. The number of carbonyl (C=O) groups is 1. The lowest BCUT2D eigenvalue weighted by molar-refractivity contribution is 0.0933. The molecule has 0 spiro atoms. The van der Waals surface area contributed by atoms with Crippen LogP contribution in [0.15, 0.2) is 60.9 Å². The van der Waals surface area contributed by atoms with Crippen LogP contribution in [0, 0.1) is 0 Å². The second kappa shape index (κ2) is 7.58. The quantitative estimate of drug-likeness (QED) is 0.717. The fourth-order valence-corrected chi connectivity index (χ4v) is 3.76. The molecule has 6 heteroatoms. The average Bonchev–Trinajstić information content (AvgIpc) is 3.26. The summed E-state index contributed by atoms with van der Waals surface area (Å²) >= 11 is 0. The largest absolute Gasteiger partial charge is 0.347 e. The third-order valence-electron chi connectivity index (χ3n) is 5.19. The molecule has 0 aliphatic heterocycles. The number of fused-ring (bicyclic) bond motifs is 1. The Labute approximate surface area is 165 Å². The van der Waals surface area contributed by atoms with Crippen molar-refractivity contribution in [3.63, 3.8) is 0 Å². The zero-order valence-corrected chi connectivity index (χ0v) is 16.2. The molecule has 6 nitrogen and oxygen atoms in total. The van der Waals surface area contributed by atoms with Crippen LogP contribution in [0.1, 0.15) is 33.4 Å². The van der Waals surface area contributed by atoms with Crippen LogP contribution in [0.25, 0.3) is 5.69 Å². The molecular weight excluding hydrogens is 350 g/mol. The van der Waals surface area contributed by atoms with Gasteiger partial charge in [-0.1, -0.05) is 24.3 Å². The summed E-state index contributed by atoms with van der Waals surface area (Å²) in [6.45, 7) is 0.745. The predicted octanol–water partition coefficient (Wildman–Crippen LogP) is 2.29. The molecule has 28 heavy (non-hydrogen) atoms. The Balaban J connectivity index is 1.46. The second-order valence-corrected chi connectivity index (χ2v) is 7.51. The molecule has 4 rings (SSSR count). The van der Waals surface area contributed by atoms with Gasteiger partial charge in [-0.3, -0.25) is 4.79 Å². The normalized spacial score (nSPS) is 18.3. The highest BCUT2D eigenvalue weighted by Crippen LogP contribution is 2.29. The summed E-state index contributed by atoms with van der Waals surface area (Å²) in [5, 5.41) is 3.09. The SMILES string of the molecule is CN(C)Cc1nccn1-c1ccc(C(=O)NC2Cc3ccccc3C2N)cc1. The molecule has 1 aliphatic carbocycles. The number of amides is 1. The first-order valence-corrected chi connectivity index (χ1v) is 9.44. The van der Waals surface area contributed by atoms with Gasteiger partial charge in [0.15, 0.2) is 0 Å². The van der Waals surface area contributed by atoms with Crippen molar-refractivity contribution < 1.29 is 4.79 Å². The van der Waals surface area contributed by atoms with E-state index >= 15 is 0 Å². The van der Waals surface area contributed by atoms with Crippen LogP contribution in [0.3, 0.4) is 0 Å². The molecule has 2 aromatic carbocycles. The predicted molar refractivity (Wildman–Crippen MR) is 109 cm³/mol. The number of nitrogens with one attached hydrogen (secondary N) is 1. The van der Waals surface area contributed by atoms with Crippen molar-refractivity contribution in [2.45, 2.75) is 25.0 Å². The van der Waals surface area contributed by atoms with E-state index in [4.69, 9.17) is 5.73 Å². The number of imidazole rings is 1. The Hall–Kier alpha value is -2.96. The zero-order chi connectivity index (χ0) is 19.7. The summed E-state index contributed by atoms with van der Waals surface area (Å²) in [5.41, 5.74) is 10.3. The summed E-state index contributed by atoms with van der Waals surface area (Å²) in [7, 11) is 4.02. The number of aromatic nitrogens is 2. The summed E-state index contributed by atoms with van der Waals surface area (Å²) < 4.78 is 2.03. The molecule has 1 amide bonds. The van der Waals surface area contributed by atoms with Crippen LogP contribution in [-0.2, 0) is 13.0 Å². The van der Waals surface area contributed by atoms with E-state index in [1.54, 1.807) is 6.20 Å². The number of nitrogens with zero attached hydrogens (tertiary/aromatic N) is 3. The Kier molecular flexibility index (Phi) is 4.98. The molecule has 3 N–H and O–H groups in total. The average molecular weight is 375 g/mol. The van der Waals surface area contributed by atoms with Gasteiger partial charge in [-0.25, -0.2) is 4.98 Å². The van der Waals surface area contributed by atoms with E-state index in [0.717, 1.165) is 30.0 Å². The Morgan fingerprint density at radius 3 is 2.68 bits per heavy atom. The molecule has 1 heterocycles. The molecule has 2 atom stereocenters. The Morgan fingerprint density at radius 1 is 1.21 bits per heavy atom. The van der Waals surface area contributed by atoms with Crippen molar-refractivity contribution in [3.8, 4) is 5.69 Å². The molecule has 0 bridgehead atoms.